The molecule has 2 rings (SSSR count). The molecule has 0 aliphatic carbocycles. The Morgan fingerprint density at radius 1 is 1.15 bits per heavy atom. The molecule has 2 aromatic carbocycles. The Bertz CT molecular complexity index is 615. The second-order valence-electron chi connectivity index (χ2n) is 4.38. The topological polar surface area (TPSA) is 29.5 Å². The van der Waals surface area contributed by atoms with E-state index in [9.17, 15) is 13.9 Å². The maximum atomic E-state index is 13.2. The van der Waals surface area contributed by atoms with Crippen LogP contribution in [0, 0.1) is 11.6 Å². The monoisotopic (exact) mass is 342 g/mol. The van der Waals surface area contributed by atoms with Gasteiger partial charge in [0.1, 0.15) is 24.0 Å². The number of benzene rings is 2. The molecule has 0 radical (unpaired) electrons. The minimum atomic E-state index is -0.836. The lowest BCUT2D eigenvalue weighted by molar-refractivity contribution is 0.189. The predicted octanol–water partition coefficient (Wildman–Crippen LogP) is 4.36. The Labute approximate surface area is 124 Å². The molecular weight excluding hydrogens is 330 g/mol. The van der Waals surface area contributed by atoms with E-state index in [2.05, 4.69) is 15.9 Å². The van der Waals surface area contributed by atoms with Crippen molar-refractivity contribution >= 4 is 15.9 Å². The zero-order valence-corrected chi connectivity index (χ0v) is 12.3. The molecule has 0 aliphatic rings. The van der Waals surface area contributed by atoms with E-state index >= 15 is 0 Å². The van der Waals surface area contributed by atoms with E-state index in [1.54, 1.807) is 6.07 Å². The van der Waals surface area contributed by atoms with Gasteiger partial charge in [0.05, 0.1) is 6.10 Å². The molecule has 0 bridgehead atoms. The maximum Gasteiger partial charge on any atom is 0.125 e. The molecule has 0 saturated heterocycles. The molecule has 5 heteroatoms. The Kier molecular flexibility index (Phi) is 4.73. The van der Waals surface area contributed by atoms with Gasteiger partial charge in [0, 0.05) is 15.6 Å². The number of halogens is 3. The highest BCUT2D eigenvalue weighted by atomic mass is 79.9. The molecule has 0 aromatic heterocycles. The summed E-state index contributed by atoms with van der Waals surface area (Å²) in [5.74, 6) is -0.374. The summed E-state index contributed by atoms with van der Waals surface area (Å²) in [4.78, 5) is 0. The average Bonchev–Trinajstić information content (AvgIpc) is 2.38. The average molecular weight is 343 g/mol. The summed E-state index contributed by atoms with van der Waals surface area (Å²) in [6.45, 7) is 1.72. The number of hydrogen-bond acceptors (Lipinski definition) is 2. The molecule has 0 unspecified atom stereocenters. The van der Waals surface area contributed by atoms with Crippen LogP contribution in [0.4, 0.5) is 8.78 Å². The fraction of sp³-hybridized carbons (Fsp3) is 0.200. The highest BCUT2D eigenvalue weighted by Gasteiger charge is 2.11. The van der Waals surface area contributed by atoms with Crippen LogP contribution in [0.5, 0.6) is 5.75 Å². The highest BCUT2D eigenvalue weighted by molar-refractivity contribution is 9.10. The van der Waals surface area contributed by atoms with Crippen LogP contribution in [0.25, 0.3) is 0 Å². The standard InChI is InChI=1S/C15H13BrF2O2/c1-9(19)13-6-11(17)4-5-15(13)20-8-10-2-3-12(18)7-14(10)16/h2-7,9,19H,8H2,1H3/t9-/m0/s1. The number of ether oxygens (including phenoxy) is 1. The summed E-state index contributed by atoms with van der Waals surface area (Å²) in [6, 6.07) is 8.25. The lowest BCUT2D eigenvalue weighted by atomic mass is 10.1. The third-order valence-electron chi connectivity index (χ3n) is 2.82. The van der Waals surface area contributed by atoms with Crippen LogP contribution in [0.3, 0.4) is 0 Å². The molecule has 1 atom stereocenters. The van der Waals surface area contributed by atoms with Gasteiger partial charge < -0.3 is 9.84 Å². The van der Waals surface area contributed by atoms with Gasteiger partial charge in [0.15, 0.2) is 0 Å². The van der Waals surface area contributed by atoms with E-state index in [1.165, 1.54) is 37.3 Å². The quantitative estimate of drug-likeness (QED) is 0.894. The van der Waals surface area contributed by atoms with E-state index < -0.39 is 11.9 Å². The first kappa shape index (κ1) is 14.9. The fourth-order valence-corrected chi connectivity index (χ4v) is 2.24. The highest BCUT2D eigenvalue weighted by Crippen LogP contribution is 2.27. The summed E-state index contributed by atoms with van der Waals surface area (Å²) in [5, 5.41) is 9.61. The third-order valence-corrected chi connectivity index (χ3v) is 3.56. The zero-order chi connectivity index (χ0) is 14.7. The van der Waals surface area contributed by atoms with E-state index in [-0.39, 0.29) is 12.4 Å². The lowest BCUT2D eigenvalue weighted by Gasteiger charge is -2.14. The van der Waals surface area contributed by atoms with Gasteiger partial charge in [-0.25, -0.2) is 8.78 Å². The Morgan fingerprint density at radius 3 is 2.45 bits per heavy atom. The maximum absolute atomic E-state index is 13.2. The molecule has 0 amide bonds. The first-order chi connectivity index (χ1) is 9.47. The second kappa shape index (κ2) is 6.33. The first-order valence-corrected chi connectivity index (χ1v) is 6.81. The zero-order valence-electron chi connectivity index (χ0n) is 10.7. The van der Waals surface area contributed by atoms with Crippen LogP contribution < -0.4 is 4.74 Å². The molecule has 0 fully saturated rings. The second-order valence-corrected chi connectivity index (χ2v) is 5.24. The van der Waals surface area contributed by atoms with Crippen molar-refractivity contribution in [2.45, 2.75) is 19.6 Å². The first-order valence-electron chi connectivity index (χ1n) is 6.01. The molecule has 2 aromatic rings. The Balaban J connectivity index is 2.18. The van der Waals surface area contributed by atoms with Crippen molar-refractivity contribution in [2.24, 2.45) is 0 Å². The molecule has 1 N–H and O–H groups in total. The molecule has 2 nitrogen and oxygen atoms in total. The molecule has 0 heterocycles. The van der Waals surface area contributed by atoms with E-state index in [4.69, 9.17) is 4.74 Å². The molecule has 106 valence electrons. The van der Waals surface area contributed by atoms with Crippen molar-refractivity contribution in [1.82, 2.24) is 0 Å². The number of rotatable bonds is 4. The molecule has 0 aliphatic heterocycles. The van der Waals surface area contributed by atoms with E-state index in [1.807, 2.05) is 0 Å². The number of hydrogen-bond donors (Lipinski definition) is 1. The normalized spacial score (nSPS) is 12.2. The molecule has 0 saturated carbocycles. The van der Waals surface area contributed by atoms with E-state index in [0.717, 1.165) is 5.56 Å². The minimum Gasteiger partial charge on any atom is -0.488 e. The smallest absolute Gasteiger partial charge is 0.125 e. The van der Waals surface area contributed by atoms with Crippen molar-refractivity contribution in [2.75, 3.05) is 0 Å². The van der Waals surface area contributed by atoms with Gasteiger partial charge in [-0.1, -0.05) is 22.0 Å². The van der Waals surface area contributed by atoms with Crippen LogP contribution in [-0.2, 0) is 6.61 Å². The summed E-state index contributed by atoms with van der Waals surface area (Å²) in [6.07, 6.45) is -0.836. The lowest BCUT2D eigenvalue weighted by Crippen LogP contribution is -2.02. The number of aliphatic hydroxyl groups is 1. The van der Waals surface area contributed by atoms with Gasteiger partial charge in [0.2, 0.25) is 0 Å². The number of aliphatic hydroxyl groups excluding tert-OH is 1. The fourth-order valence-electron chi connectivity index (χ4n) is 1.77. The predicted molar refractivity (Wildman–Crippen MR) is 75.5 cm³/mol. The van der Waals surface area contributed by atoms with Gasteiger partial charge >= 0.3 is 0 Å². The van der Waals surface area contributed by atoms with Gasteiger partial charge in [-0.05, 0) is 37.3 Å². The van der Waals surface area contributed by atoms with Crippen molar-refractivity contribution in [3.8, 4) is 5.75 Å². The summed E-state index contributed by atoms with van der Waals surface area (Å²) in [5.41, 5.74) is 1.13. The Hall–Kier alpha value is -1.46. The van der Waals surface area contributed by atoms with Gasteiger partial charge in [-0.15, -0.1) is 0 Å². The van der Waals surface area contributed by atoms with Crippen LogP contribution in [0.2, 0.25) is 0 Å². The molecule has 0 spiro atoms. The van der Waals surface area contributed by atoms with Crippen molar-refractivity contribution in [3.63, 3.8) is 0 Å². The Morgan fingerprint density at radius 2 is 1.80 bits per heavy atom. The van der Waals surface area contributed by atoms with Crippen molar-refractivity contribution in [3.05, 3.63) is 63.6 Å². The van der Waals surface area contributed by atoms with Gasteiger partial charge in [-0.2, -0.15) is 0 Å². The van der Waals surface area contributed by atoms with Crippen molar-refractivity contribution in [1.29, 1.82) is 0 Å². The van der Waals surface area contributed by atoms with Gasteiger partial charge in [-0.3, -0.25) is 0 Å². The SMILES string of the molecule is C[C@H](O)c1cc(F)ccc1OCc1ccc(F)cc1Br. The summed E-state index contributed by atoms with van der Waals surface area (Å²) >= 11 is 3.25. The van der Waals surface area contributed by atoms with Crippen LogP contribution in [0.1, 0.15) is 24.2 Å². The summed E-state index contributed by atoms with van der Waals surface area (Å²) in [7, 11) is 0. The van der Waals surface area contributed by atoms with E-state index in [0.29, 0.717) is 15.8 Å². The third kappa shape index (κ3) is 3.55. The van der Waals surface area contributed by atoms with Crippen LogP contribution >= 0.6 is 15.9 Å². The van der Waals surface area contributed by atoms with Gasteiger partial charge in [0.25, 0.3) is 0 Å². The largest absolute Gasteiger partial charge is 0.488 e. The summed E-state index contributed by atoms with van der Waals surface area (Å²) < 4.78 is 32.3. The van der Waals surface area contributed by atoms with Crippen LogP contribution in [0.15, 0.2) is 40.9 Å². The molecule has 20 heavy (non-hydrogen) atoms. The molecular formula is C15H13BrF2O2. The van der Waals surface area contributed by atoms with Crippen molar-refractivity contribution < 1.29 is 18.6 Å². The minimum absolute atomic E-state index is 0.187. The van der Waals surface area contributed by atoms with Crippen LogP contribution in [-0.4, -0.2) is 5.11 Å².